The van der Waals surface area contributed by atoms with Crippen LogP contribution in [0.3, 0.4) is 0 Å². The number of carbonyl (C=O) groups excluding carboxylic acids is 1. The second-order valence-corrected chi connectivity index (χ2v) is 7.30. The molecule has 1 N–H and O–H groups in total. The van der Waals surface area contributed by atoms with E-state index in [1.807, 2.05) is 64.8 Å². The summed E-state index contributed by atoms with van der Waals surface area (Å²) in [6.45, 7) is 0.447. The van der Waals surface area contributed by atoms with Gasteiger partial charge in [0.15, 0.2) is 0 Å². The highest BCUT2D eigenvalue weighted by Gasteiger charge is 2.23. The summed E-state index contributed by atoms with van der Waals surface area (Å²) in [7, 11) is 1.93. The first-order chi connectivity index (χ1) is 13.7. The second kappa shape index (κ2) is 6.68. The molecule has 5 nitrogen and oxygen atoms in total. The average molecular weight is 370 g/mol. The average Bonchev–Trinajstić information content (AvgIpc) is 3.42. The molecule has 1 aliphatic rings. The predicted octanol–water partition coefficient (Wildman–Crippen LogP) is 3.78. The summed E-state index contributed by atoms with van der Waals surface area (Å²) in [5.41, 5.74) is 6.35. The first-order valence-corrected chi connectivity index (χ1v) is 9.70. The molecule has 0 saturated carbocycles. The van der Waals surface area contributed by atoms with Crippen LogP contribution in [-0.2, 0) is 26.4 Å². The Bertz CT molecular complexity index is 1170. The van der Waals surface area contributed by atoms with E-state index in [1.54, 1.807) is 0 Å². The molecule has 0 unspecified atom stereocenters. The zero-order valence-corrected chi connectivity index (χ0v) is 15.9. The van der Waals surface area contributed by atoms with Crippen molar-refractivity contribution in [1.29, 1.82) is 0 Å². The summed E-state index contributed by atoms with van der Waals surface area (Å²) >= 11 is 0. The Kier molecular flexibility index (Phi) is 4.01. The number of aromatic nitrogens is 3. The summed E-state index contributed by atoms with van der Waals surface area (Å²) in [6.07, 6.45) is 3.21. The number of nitrogens with one attached hydrogen (secondary N) is 1. The Hall–Kier alpha value is -3.34. The minimum atomic E-state index is -0.0697. The first-order valence-electron chi connectivity index (χ1n) is 9.70. The van der Waals surface area contributed by atoms with Gasteiger partial charge in [-0.15, -0.1) is 0 Å². The van der Waals surface area contributed by atoms with Crippen LogP contribution in [0.2, 0.25) is 0 Å². The van der Waals surface area contributed by atoms with E-state index in [4.69, 9.17) is 5.10 Å². The standard InChI is InChI=1S/C23H22N4O/c1-26-20-12-6-5-8-16(20)14-22(26)23(28)24-15-19-18-11-7-13-21(18)27(25-19)17-9-3-2-4-10-17/h2-6,8-10,12,14H,7,11,13,15H2,1H3,(H,24,28). The number of nitrogens with zero attached hydrogens (tertiary/aromatic N) is 3. The zero-order valence-electron chi connectivity index (χ0n) is 15.9. The van der Waals surface area contributed by atoms with E-state index in [9.17, 15) is 4.79 Å². The summed E-state index contributed by atoms with van der Waals surface area (Å²) < 4.78 is 3.98. The van der Waals surface area contributed by atoms with Crippen LogP contribution in [0.4, 0.5) is 0 Å². The number of hydrogen-bond donors (Lipinski definition) is 1. The van der Waals surface area contributed by atoms with Crippen molar-refractivity contribution in [3.8, 4) is 5.69 Å². The van der Waals surface area contributed by atoms with Crippen molar-refractivity contribution in [3.05, 3.63) is 83.3 Å². The summed E-state index contributed by atoms with van der Waals surface area (Å²) in [4.78, 5) is 12.8. The van der Waals surface area contributed by atoms with Crippen LogP contribution >= 0.6 is 0 Å². The molecule has 1 amide bonds. The molecule has 5 rings (SSSR count). The van der Waals surface area contributed by atoms with Crippen LogP contribution in [-0.4, -0.2) is 20.3 Å². The Balaban J connectivity index is 1.41. The van der Waals surface area contributed by atoms with Gasteiger partial charge in [0.1, 0.15) is 5.69 Å². The van der Waals surface area contributed by atoms with Crippen molar-refractivity contribution in [2.75, 3.05) is 0 Å². The number of fused-ring (bicyclic) bond motifs is 2. The van der Waals surface area contributed by atoms with E-state index in [2.05, 4.69) is 17.4 Å². The van der Waals surface area contributed by atoms with Crippen molar-refractivity contribution in [1.82, 2.24) is 19.7 Å². The molecule has 0 saturated heterocycles. The number of carbonyl (C=O) groups is 1. The number of para-hydroxylation sites is 2. The molecule has 2 aromatic carbocycles. The van der Waals surface area contributed by atoms with E-state index in [1.165, 1.54) is 11.3 Å². The van der Waals surface area contributed by atoms with E-state index >= 15 is 0 Å². The molecular formula is C23H22N4O. The molecule has 28 heavy (non-hydrogen) atoms. The normalized spacial score (nSPS) is 13.0. The molecule has 0 fully saturated rings. The van der Waals surface area contributed by atoms with Crippen LogP contribution < -0.4 is 5.32 Å². The highest BCUT2D eigenvalue weighted by Crippen LogP contribution is 2.28. The summed E-state index contributed by atoms with van der Waals surface area (Å²) in [6, 6.07) is 20.2. The van der Waals surface area contributed by atoms with Crippen molar-refractivity contribution >= 4 is 16.8 Å². The largest absolute Gasteiger partial charge is 0.345 e. The molecule has 5 heteroatoms. The van der Waals surface area contributed by atoms with Crippen molar-refractivity contribution in [3.63, 3.8) is 0 Å². The lowest BCUT2D eigenvalue weighted by atomic mass is 10.2. The third kappa shape index (κ3) is 2.71. The topological polar surface area (TPSA) is 51.9 Å². The van der Waals surface area contributed by atoms with Crippen molar-refractivity contribution in [2.24, 2.45) is 7.05 Å². The van der Waals surface area contributed by atoms with Gasteiger partial charge in [-0.3, -0.25) is 4.79 Å². The van der Waals surface area contributed by atoms with E-state index in [0.29, 0.717) is 12.2 Å². The molecule has 0 atom stereocenters. The molecule has 0 radical (unpaired) electrons. The third-order valence-electron chi connectivity index (χ3n) is 5.61. The van der Waals surface area contributed by atoms with Gasteiger partial charge in [-0.1, -0.05) is 36.4 Å². The molecule has 2 aromatic heterocycles. The van der Waals surface area contributed by atoms with Crippen LogP contribution in [0.25, 0.3) is 16.6 Å². The molecule has 0 spiro atoms. The molecule has 0 aliphatic heterocycles. The van der Waals surface area contributed by atoms with Gasteiger partial charge in [0.25, 0.3) is 5.91 Å². The zero-order chi connectivity index (χ0) is 19.1. The molecular weight excluding hydrogens is 348 g/mol. The lowest BCUT2D eigenvalue weighted by molar-refractivity contribution is 0.0942. The van der Waals surface area contributed by atoms with Gasteiger partial charge in [0.2, 0.25) is 0 Å². The number of hydrogen-bond acceptors (Lipinski definition) is 2. The number of rotatable bonds is 4. The maximum absolute atomic E-state index is 12.8. The lowest BCUT2D eigenvalue weighted by Gasteiger charge is -2.06. The van der Waals surface area contributed by atoms with E-state index in [-0.39, 0.29) is 5.91 Å². The SMILES string of the molecule is Cn1c(C(=O)NCc2nn(-c3ccccc3)c3c2CCC3)cc2ccccc21. The van der Waals surface area contributed by atoms with Crippen molar-refractivity contribution < 1.29 is 4.79 Å². The lowest BCUT2D eigenvalue weighted by Crippen LogP contribution is -2.25. The highest BCUT2D eigenvalue weighted by molar-refractivity contribution is 5.98. The monoisotopic (exact) mass is 370 g/mol. The van der Waals surface area contributed by atoms with Gasteiger partial charge in [-0.25, -0.2) is 4.68 Å². The quantitative estimate of drug-likeness (QED) is 0.594. The van der Waals surface area contributed by atoms with Crippen LogP contribution in [0.1, 0.15) is 33.9 Å². The van der Waals surface area contributed by atoms with Gasteiger partial charge in [-0.05, 0) is 49.1 Å². The summed E-state index contributed by atoms with van der Waals surface area (Å²) in [5, 5.41) is 8.98. The second-order valence-electron chi connectivity index (χ2n) is 7.30. The Labute approximate surface area is 163 Å². The maximum atomic E-state index is 12.8. The van der Waals surface area contributed by atoms with Crippen LogP contribution in [0.5, 0.6) is 0 Å². The van der Waals surface area contributed by atoms with Gasteiger partial charge < -0.3 is 9.88 Å². The van der Waals surface area contributed by atoms with Gasteiger partial charge in [-0.2, -0.15) is 5.10 Å². The van der Waals surface area contributed by atoms with E-state index < -0.39 is 0 Å². The van der Waals surface area contributed by atoms with Crippen LogP contribution in [0, 0.1) is 0 Å². The highest BCUT2D eigenvalue weighted by atomic mass is 16.1. The fourth-order valence-electron chi connectivity index (χ4n) is 4.20. The molecule has 2 heterocycles. The Morgan fingerprint density at radius 3 is 2.68 bits per heavy atom. The minimum absolute atomic E-state index is 0.0697. The fraction of sp³-hybridized carbons (Fsp3) is 0.217. The Morgan fingerprint density at radius 1 is 1.07 bits per heavy atom. The summed E-state index contributed by atoms with van der Waals surface area (Å²) in [5.74, 6) is -0.0697. The number of amides is 1. The molecule has 4 aromatic rings. The first kappa shape index (κ1) is 16.8. The molecule has 140 valence electrons. The van der Waals surface area contributed by atoms with Gasteiger partial charge in [0, 0.05) is 23.6 Å². The number of aryl methyl sites for hydroxylation is 1. The smallest absolute Gasteiger partial charge is 0.268 e. The van der Waals surface area contributed by atoms with Gasteiger partial charge in [0.05, 0.1) is 17.9 Å². The van der Waals surface area contributed by atoms with Crippen LogP contribution in [0.15, 0.2) is 60.7 Å². The third-order valence-corrected chi connectivity index (χ3v) is 5.61. The van der Waals surface area contributed by atoms with E-state index in [0.717, 1.165) is 41.5 Å². The fourth-order valence-corrected chi connectivity index (χ4v) is 4.20. The Morgan fingerprint density at radius 2 is 1.86 bits per heavy atom. The predicted molar refractivity (Wildman–Crippen MR) is 110 cm³/mol. The molecule has 1 aliphatic carbocycles. The minimum Gasteiger partial charge on any atom is -0.345 e. The van der Waals surface area contributed by atoms with Crippen molar-refractivity contribution in [2.45, 2.75) is 25.8 Å². The maximum Gasteiger partial charge on any atom is 0.268 e. The van der Waals surface area contributed by atoms with Gasteiger partial charge >= 0.3 is 0 Å². The number of benzene rings is 2. The molecule has 0 bridgehead atoms.